The van der Waals surface area contributed by atoms with E-state index in [1.807, 2.05) is 0 Å². The Hall–Kier alpha value is -3.85. The van der Waals surface area contributed by atoms with Gasteiger partial charge in [0.15, 0.2) is 10.9 Å². The number of benzene rings is 2. The summed E-state index contributed by atoms with van der Waals surface area (Å²) in [6.07, 6.45) is 1.42. The molecule has 1 aromatic heterocycles. The number of rotatable bonds is 6. The molecule has 0 spiro atoms. The molecule has 0 saturated heterocycles. The maximum atomic E-state index is 12.4. The van der Waals surface area contributed by atoms with Gasteiger partial charge in [0.2, 0.25) is 0 Å². The Balaban J connectivity index is 1.68. The molecule has 0 saturated carbocycles. The van der Waals surface area contributed by atoms with Gasteiger partial charge in [-0.05, 0) is 66.8 Å². The van der Waals surface area contributed by atoms with Crippen LogP contribution in [0.25, 0.3) is 0 Å². The van der Waals surface area contributed by atoms with E-state index in [1.54, 1.807) is 61.7 Å². The van der Waals surface area contributed by atoms with E-state index in [1.165, 1.54) is 13.4 Å². The van der Waals surface area contributed by atoms with Gasteiger partial charge in [-0.25, -0.2) is 0 Å². The van der Waals surface area contributed by atoms with Gasteiger partial charge in [-0.15, -0.1) is 0 Å². The van der Waals surface area contributed by atoms with Gasteiger partial charge in [0.25, 0.3) is 11.8 Å². The lowest BCUT2D eigenvalue weighted by atomic mass is 10.2. The molecular formula is C21H19N3O5S. The van der Waals surface area contributed by atoms with Crippen LogP contribution in [0.1, 0.15) is 20.9 Å². The minimum absolute atomic E-state index is 0.0728. The highest BCUT2D eigenvalue weighted by Gasteiger charge is 2.13. The smallest absolute Gasteiger partial charge is 0.291 e. The number of methoxy groups -OCH3 is 2. The molecule has 0 bridgehead atoms. The summed E-state index contributed by atoms with van der Waals surface area (Å²) in [5.74, 6) is 0.531. The summed E-state index contributed by atoms with van der Waals surface area (Å²) in [6, 6.07) is 14.8. The number of hydrogen-bond donors (Lipinski definition) is 3. The summed E-state index contributed by atoms with van der Waals surface area (Å²) in [7, 11) is 3.05. The fraction of sp³-hybridized carbons (Fsp3) is 0.0952. The number of carbonyl (C=O) groups excluding carboxylic acids is 2. The van der Waals surface area contributed by atoms with Crippen molar-refractivity contribution < 1.29 is 23.5 Å². The van der Waals surface area contributed by atoms with E-state index >= 15 is 0 Å². The molecule has 3 aromatic rings. The van der Waals surface area contributed by atoms with E-state index in [4.69, 9.17) is 26.1 Å². The van der Waals surface area contributed by atoms with Crippen molar-refractivity contribution in [2.45, 2.75) is 0 Å². The van der Waals surface area contributed by atoms with E-state index in [0.717, 1.165) is 0 Å². The Labute approximate surface area is 178 Å². The van der Waals surface area contributed by atoms with Crippen LogP contribution in [0.3, 0.4) is 0 Å². The Bertz CT molecular complexity index is 1050. The fourth-order valence-corrected chi connectivity index (χ4v) is 2.76. The third-order valence-electron chi connectivity index (χ3n) is 4.03. The maximum absolute atomic E-state index is 12.4. The molecule has 0 fully saturated rings. The zero-order chi connectivity index (χ0) is 21.5. The second-order valence-corrected chi connectivity index (χ2v) is 6.39. The first-order chi connectivity index (χ1) is 14.5. The van der Waals surface area contributed by atoms with E-state index in [0.29, 0.717) is 28.4 Å². The molecule has 0 aliphatic carbocycles. The van der Waals surface area contributed by atoms with Crippen molar-refractivity contribution in [3.8, 4) is 11.5 Å². The highest BCUT2D eigenvalue weighted by atomic mass is 32.1. The van der Waals surface area contributed by atoms with Crippen molar-refractivity contribution in [3.05, 3.63) is 72.2 Å². The average Bonchev–Trinajstić information content (AvgIpc) is 3.29. The van der Waals surface area contributed by atoms with Crippen molar-refractivity contribution in [3.63, 3.8) is 0 Å². The van der Waals surface area contributed by atoms with Gasteiger partial charge in [0, 0.05) is 11.3 Å². The number of thiocarbonyl (C=S) groups is 1. The van der Waals surface area contributed by atoms with Crippen LogP contribution in [0.5, 0.6) is 11.5 Å². The van der Waals surface area contributed by atoms with Crippen LogP contribution in [0, 0.1) is 0 Å². The molecule has 2 amide bonds. The topological polar surface area (TPSA) is 102 Å². The van der Waals surface area contributed by atoms with Crippen molar-refractivity contribution in [2.75, 3.05) is 24.9 Å². The molecule has 30 heavy (non-hydrogen) atoms. The minimum Gasteiger partial charge on any atom is -0.497 e. The SMILES string of the molecule is COc1ccc(C(=O)NC(=S)Nc2cc(NC(=O)c3ccco3)ccc2OC)cc1. The average molecular weight is 425 g/mol. The molecule has 8 nitrogen and oxygen atoms in total. The third-order valence-corrected chi connectivity index (χ3v) is 4.23. The van der Waals surface area contributed by atoms with Crippen molar-refractivity contribution in [1.82, 2.24) is 5.32 Å². The lowest BCUT2D eigenvalue weighted by Crippen LogP contribution is -2.34. The molecular weight excluding hydrogens is 406 g/mol. The van der Waals surface area contributed by atoms with Gasteiger partial charge in [0.1, 0.15) is 11.5 Å². The molecule has 0 unspecified atom stereocenters. The molecule has 3 N–H and O–H groups in total. The lowest BCUT2D eigenvalue weighted by molar-refractivity contribution is 0.0975. The van der Waals surface area contributed by atoms with Gasteiger partial charge in [0.05, 0.1) is 26.2 Å². The van der Waals surface area contributed by atoms with E-state index in [-0.39, 0.29) is 16.8 Å². The minimum atomic E-state index is -0.397. The van der Waals surface area contributed by atoms with Gasteiger partial charge in [-0.3, -0.25) is 14.9 Å². The fourth-order valence-electron chi connectivity index (χ4n) is 2.56. The predicted molar refractivity (Wildman–Crippen MR) is 116 cm³/mol. The zero-order valence-electron chi connectivity index (χ0n) is 16.2. The van der Waals surface area contributed by atoms with Crippen molar-refractivity contribution in [2.24, 2.45) is 0 Å². The highest BCUT2D eigenvalue weighted by Crippen LogP contribution is 2.28. The van der Waals surface area contributed by atoms with Crippen LogP contribution in [0.15, 0.2) is 65.3 Å². The number of carbonyl (C=O) groups is 2. The summed E-state index contributed by atoms with van der Waals surface area (Å²) in [5.41, 5.74) is 1.38. The van der Waals surface area contributed by atoms with Crippen molar-refractivity contribution in [1.29, 1.82) is 0 Å². The van der Waals surface area contributed by atoms with Crippen LogP contribution in [0.4, 0.5) is 11.4 Å². The van der Waals surface area contributed by atoms with Crippen molar-refractivity contribution >= 4 is 40.5 Å². The first-order valence-electron chi connectivity index (χ1n) is 8.79. The Kier molecular flexibility index (Phi) is 6.66. The number of nitrogens with one attached hydrogen (secondary N) is 3. The van der Waals surface area contributed by atoms with E-state index < -0.39 is 5.91 Å². The van der Waals surface area contributed by atoms with Crippen LogP contribution in [-0.4, -0.2) is 31.1 Å². The molecule has 0 atom stereocenters. The van der Waals surface area contributed by atoms with Crippen LogP contribution >= 0.6 is 12.2 Å². The Morgan fingerprint density at radius 2 is 1.70 bits per heavy atom. The lowest BCUT2D eigenvalue weighted by Gasteiger charge is -2.14. The molecule has 0 aliphatic rings. The Morgan fingerprint density at radius 1 is 0.933 bits per heavy atom. The van der Waals surface area contributed by atoms with Gasteiger partial charge in [-0.2, -0.15) is 0 Å². The van der Waals surface area contributed by atoms with E-state index in [9.17, 15) is 9.59 Å². The van der Waals surface area contributed by atoms with E-state index in [2.05, 4.69) is 16.0 Å². The Morgan fingerprint density at radius 3 is 2.33 bits per heavy atom. The monoisotopic (exact) mass is 425 g/mol. The van der Waals surface area contributed by atoms with Crippen LogP contribution < -0.4 is 25.4 Å². The summed E-state index contributed by atoms with van der Waals surface area (Å²) in [6.45, 7) is 0. The van der Waals surface area contributed by atoms with Gasteiger partial charge in [-0.1, -0.05) is 0 Å². The summed E-state index contributed by atoms with van der Waals surface area (Å²) >= 11 is 5.24. The standard InChI is InChI=1S/C21H19N3O5S/c1-27-15-8-5-13(6-9-15)19(25)24-21(30)23-16-12-14(7-10-17(16)28-2)22-20(26)18-4-3-11-29-18/h3-12H,1-2H3,(H,22,26)(H2,23,24,25,30). The van der Waals surface area contributed by atoms with Crippen LogP contribution in [-0.2, 0) is 0 Å². The first kappa shape index (κ1) is 20.9. The molecule has 1 heterocycles. The third kappa shape index (κ3) is 5.15. The molecule has 0 aliphatic heterocycles. The summed E-state index contributed by atoms with van der Waals surface area (Å²) in [5, 5.41) is 8.30. The van der Waals surface area contributed by atoms with Gasteiger partial charge < -0.3 is 24.5 Å². The maximum Gasteiger partial charge on any atom is 0.291 e. The zero-order valence-corrected chi connectivity index (χ0v) is 17.0. The summed E-state index contributed by atoms with van der Waals surface area (Å²) < 4.78 is 15.5. The molecule has 2 aromatic carbocycles. The number of furan rings is 1. The van der Waals surface area contributed by atoms with Gasteiger partial charge >= 0.3 is 0 Å². The number of amides is 2. The predicted octanol–water partition coefficient (Wildman–Crippen LogP) is 3.68. The van der Waals surface area contributed by atoms with Crippen LogP contribution in [0.2, 0.25) is 0 Å². The highest BCUT2D eigenvalue weighted by molar-refractivity contribution is 7.80. The quantitative estimate of drug-likeness (QED) is 0.518. The molecule has 154 valence electrons. The normalized spacial score (nSPS) is 10.1. The molecule has 0 radical (unpaired) electrons. The second kappa shape index (κ2) is 9.57. The number of ether oxygens (including phenoxy) is 2. The number of anilines is 2. The first-order valence-corrected chi connectivity index (χ1v) is 9.20. The molecule has 9 heteroatoms. The second-order valence-electron chi connectivity index (χ2n) is 5.98. The largest absolute Gasteiger partial charge is 0.497 e. The summed E-state index contributed by atoms with van der Waals surface area (Å²) in [4.78, 5) is 24.5. The molecule has 3 rings (SSSR count). The number of hydrogen-bond acceptors (Lipinski definition) is 6.